The second kappa shape index (κ2) is 6.96. The summed E-state index contributed by atoms with van der Waals surface area (Å²) in [5.74, 6) is 0.899. The molecule has 0 unspecified atom stereocenters. The number of rotatable bonds is 5. The van der Waals surface area contributed by atoms with Crippen LogP contribution in [0.1, 0.15) is 42.8 Å². The van der Waals surface area contributed by atoms with Crippen molar-refractivity contribution in [2.24, 2.45) is 0 Å². The van der Waals surface area contributed by atoms with Crippen LogP contribution in [0.5, 0.6) is 0 Å². The molecule has 1 atom stereocenters. The van der Waals surface area contributed by atoms with Crippen LogP contribution in [0.3, 0.4) is 0 Å². The Balaban J connectivity index is 1.56. The molecular weight excluding hydrogens is 298 g/mol. The number of amides is 1. The Kier molecular flexibility index (Phi) is 4.77. The SMILES string of the molecule is CCc1nnc(SCC(=O)N[C@@H]2CCCc3ccccc32)o1. The second-order valence-corrected chi connectivity index (χ2v) is 6.24. The van der Waals surface area contributed by atoms with Gasteiger partial charge in [-0.3, -0.25) is 4.79 Å². The summed E-state index contributed by atoms with van der Waals surface area (Å²) in [7, 11) is 0. The molecule has 5 nitrogen and oxygen atoms in total. The highest BCUT2D eigenvalue weighted by molar-refractivity contribution is 7.99. The van der Waals surface area contributed by atoms with E-state index < -0.39 is 0 Å². The van der Waals surface area contributed by atoms with E-state index in [1.165, 1.54) is 22.9 Å². The van der Waals surface area contributed by atoms with Crippen LogP contribution >= 0.6 is 11.8 Å². The minimum atomic E-state index is 0.00273. The lowest BCUT2D eigenvalue weighted by atomic mass is 9.88. The molecule has 0 radical (unpaired) electrons. The van der Waals surface area contributed by atoms with Gasteiger partial charge in [0.2, 0.25) is 11.8 Å². The number of carbonyl (C=O) groups is 1. The van der Waals surface area contributed by atoms with Crippen molar-refractivity contribution in [3.05, 3.63) is 41.3 Å². The van der Waals surface area contributed by atoms with Gasteiger partial charge in [0.25, 0.3) is 5.22 Å². The predicted molar refractivity (Wildman–Crippen MR) is 84.7 cm³/mol. The maximum Gasteiger partial charge on any atom is 0.277 e. The minimum Gasteiger partial charge on any atom is -0.416 e. The smallest absolute Gasteiger partial charge is 0.277 e. The van der Waals surface area contributed by atoms with Crippen molar-refractivity contribution in [1.29, 1.82) is 0 Å². The lowest BCUT2D eigenvalue weighted by Gasteiger charge is -2.26. The van der Waals surface area contributed by atoms with E-state index in [-0.39, 0.29) is 11.9 Å². The van der Waals surface area contributed by atoms with Gasteiger partial charge in [-0.1, -0.05) is 43.0 Å². The molecule has 6 heteroatoms. The standard InChI is InChI=1S/C16H19N3O2S/c1-2-15-18-19-16(21-15)22-10-14(20)17-13-9-5-7-11-6-3-4-8-12(11)13/h3-4,6,8,13H,2,5,7,9-10H2,1H3,(H,17,20)/t13-/m1/s1. The van der Waals surface area contributed by atoms with E-state index in [2.05, 4.69) is 33.7 Å². The first-order valence-electron chi connectivity index (χ1n) is 7.58. The van der Waals surface area contributed by atoms with Crippen LogP contribution in [-0.4, -0.2) is 21.9 Å². The van der Waals surface area contributed by atoms with Gasteiger partial charge >= 0.3 is 0 Å². The Morgan fingerprint density at radius 2 is 2.27 bits per heavy atom. The first kappa shape index (κ1) is 15.1. The Morgan fingerprint density at radius 1 is 1.41 bits per heavy atom. The molecule has 1 heterocycles. The number of nitrogens with zero attached hydrogens (tertiary/aromatic N) is 2. The molecule has 0 aliphatic heterocycles. The Bertz CT molecular complexity index is 656. The quantitative estimate of drug-likeness (QED) is 0.859. The number of hydrogen-bond donors (Lipinski definition) is 1. The average molecular weight is 317 g/mol. The van der Waals surface area contributed by atoms with E-state index >= 15 is 0 Å². The summed E-state index contributed by atoms with van der Waals surface area (Å²) in [6.45, 7) is 1.95. The molecule has 1 aromatic carbocycles. The third kappa shape index (κ3) is 3.50. The number of nitrogens with one attached hydrogen (secondary N) is 1. The van der Waals surface area contributed by atoms with E-state index in [0.29, 0.717) is 23.3 Å². The zero-order valence-electron chi connectivity index (χ0n) is 12.5. The van der Waals surface area contributed by atoms with E-state index in [1.54, 1.807) is 0 Å². The first-order chi connectivity index (χ1) is 10.8. The van der Waals surface area contributed by atoms with E-state index in [4.69, 9.17) is 4.42 Å². The fraction of sp³-hybridized carbons (Fsp3) is 0.438. The molecule has 116 valence electrons. The van der Waals surface area contributed by atoms with Gasteiger partial charge in [0.1, 0.15) is 0 Å². The van der Waals surface area contributed by atoms with Gasteiger partial charge in [0, 0.05) is 6.42 Å². The summed E-state index contributed by atoms with van der Waals surface area (Å²) in [5, 5.41) is 11.4. The molecule has 22 heavy (non-hydrogen) atoms. The summed E-state index contributed by atoms with van der Waals surface area (Å²) >= 11 is 1.28. The summed E-state index contributed by atoms with van der Waals surface area (Å²) in [6.07, 6.45) is 3.91. The number of carbonyl (C=O) groups excluding carboxylic acids is 1. The molecule has 0 fully saturated rings. The molecule has 2 aromatic rings. The van der Waals surface area contributed by atoms with Gasteiger partial charge in [0.05, 0.1) is 11.8 Å². The molecule has 0 bridgehead atoms. The fourth-order valence-electron chi connectivity index (χ4n) is 2.71. The van der Waals surface area contributed by atoms with Crippen molar-refractivity contribution in [2.45, 2.75) is 43.9 Å². The average Bonchev–Trinajstić information content (AvgIpc) is 3.01. The van der Waals surface area contributed by atoms with Crippen molar-refractivity contribution < 1.29 is 9.21 Å². The van der Waals surface area contributed by atoms with Crippen LogP contribution in [-0.2, 0) is 17.6 Å². The minimum absolute atomic E-state index is 0.00273. The van der Waals surface area contributed by atoms with Gasteiger partial charge in [-0.15, -0.1) is 10.2 Å². The van der Waals surface area contributed by atoms with E-state index in [1.807, 2.05) is 13.0 Å². The molecule has 1 aliphatic rings. The highest BCUT2D eigenvalue weighted by Gasteiger charge is 2.21. The van der Waals surface area contributed by atoms with Gasteiger partial charge < -0.3 is 9.73 Å². The van der Waals surface area contributed by atoms with E-state index in [0.717, 1.165) is 19.3 Å². The first-order valence-corrected chi connectivity index (χ1v) is 8.57. The summed E-state index contributed by atoms with van der Waals surface area (Å²) in [4.78, 5) is 12.1. The van der Waals surface area contributed by atoms with Crippen LogP contribution in [0.15, 0.2) is 33.9 Å². The number of aryl methyl sites for hydroxylation is 2. The van der Waals surface area contributed by atoms with Gasteiger partial charge in [-0.05, 0) is 30.4 Å². The monoisotopic (exact) mass is 317 g/mol. The summed E-state index contributed by atoms with van der Waals surface area (Å²) in [6, 6.07) is 8.46. The normalized spacial score (nSPS) is 17.0. The predicted octanol–water partition coefficient (Wildman–Crippen LogP) is 2.92. The zero-order chi connectivity index (χ0) is 15.4. The topological polar surface area (TPSA) is 68.0 Å². The lowest BCUT2D eigenvalue weighted by molar-refractivity contribution is -0.119. The highest BCUT2D eigenvalue weighted by atomic mass is 32.2. The van der Waals surface area contributed by atoms with Gasteiger partial charge in [0.15, 0.2) is 0 Å². The largest absolute Gasteiger partial charge is 0.416 e. The van der Waals surface area contributed by atoms with Crippen LogP contribution in [0.4, 0.5) is 0 Å². The third-order valence-corrected chi connectivity index (χ3v) is 4.60. The molecule has 0 saturated heterocycles. The molecule has 1 aliphatic carbocycles. The van der Waals surface area contributed by atoms with Crippen molar-refractivity contribution in [3.8, 4) is 0 Å². The maximum atomic E-state index is 12.1. The summed E-state index contributed by atoms with van der Waals surface area (Å²) < 4.78 is 5.39. The Morgan fingerprint density at radius 3 is 3.09 bits per heavy atom. The molecule has 1 amide bonds. The highest BCUT2D eigenvalue weighted by Crippen LogP contribution is 2.29. The van der Waals surface area contributed by atoms with Crippen LogP contribution in [0.25, 0.3) is 0 Å². The third-order valence-electron chi connectivity index (χ3n) is 3.78. The van der Waals surface area contributed by atoms with Crippen molar-refractivity contribution in [1.82, 2.24) is 15.5 Å². The van der Waals surface area contributed by atoms with Crippen molar-refractivity contribution in [2.75, 3.05) is 5.75 Å². The number of aromatic nitrogens is 2. The lowest BCUT2D eigenvalue weighted by Crippen LogP contribution is -2.32. The molecule has 1 aromatic heterocycles. The molecule has 3 rings (SSSR count). The van der Waals surface area contributed by atoms with Crippen LogP contribution in [0, 0.1) is 0 Å². The van der Waals surface area contributed by atoms with Gasteiger partial charge in [-0.25, -0.2) is 0 Å². The zero-order valence-corrected chi connectivity index (χ0v) is 13.4. The second-order valence-electron chi connectivity index (χ2n) is 5.32. The van der Waals surface area contributed by atoms with E-state index in [9.17, 15) is 4.79 Å². The molecule has 0 saturated carbocycles. The van der Waals surface area contributed by atoms with Crippen LogP contribution in [0.2, 0.25) is 0 Å². The molecule has 1 N–H and O–H groups in total. The molecule has 0 spiro atoms. The van der Waals surface area contributed by atoms with Gasteiger partial charge in [-0.2, -0.15) is 0 Å². The number of fused-ring (bicyclic) bond motifs is 1. The Hall–Kier alpha value is -1.82. The van der Waals surface area contributed by atoms with Crippen molar-refractivity contribution in [3.63, 3.8) is 0 Å². The van der Waals surface area contributed by atoms with Crippen molar-refractivity contribution >= 4 is 17.7 Å². The molecular formula is C16H19N3O2S. The number of hydrogen-bond acceptors (Lipinski definition) is 5. The maximum absolute atomic E-state index is 12.1. The number of benzene rings is 1. The number of thioether (sulfide) groups is 1. The van der Waals surface area contributed by atoms with Crippen LogP contribution < -0.4 is 5.32 Å². The fourth-order valence-corrected chi connectivity index (χ4v) is 3.30. The summed E-state index contributed by atoms with van der Waals surface area (Å²) in [5.41, 5.74) is 2.59. The Labute approximate surface area is 133 Å².